The number of para-hydroxylation sites is 1. The number of amides is 1. The van der Waals surface area contributed by atoms with Crippen molar-refractivity contribution in [2.45, 2.75) is 0 Å². The zero-order valence-electron chi connectivity index (χ0n) is 12.3. The summed E-state index contributed by atoms with van der Waals surface area (Å²) in [6, 6.07) is 14.5. The van der Waals surface area contributed by atoms with Gasteiger partial charge in [-0.15, -0.1) is 0 Å². The SMILES string of the molecule is O=C1Nc2oc(N=Cc3ccc(Cl)cc3)nc2Nc2ccccc21. The molecule has 0 spiro atoms. The maximum absolute atomic E-state index is 12.2. The number of carbonyl (C=O) groups is 1. The summed E-state index contributed by atoms with van der Waals surface area (Å²) in [5, 5.41) is 6.42. The van der Waals surface area contributed by atoms with E-state index in [1.807, 2.05) is 18.2 Å². The lowest BCUT2D eigenvalue weighted by molar-refractivity contribution is 0.102. The smallest absolute Gasteiger partial charge is 0.325 e. The average molecular weight is 339 g/mol. The summed E-state index contributed by atoms with van der Waals surface area (Å²) in [5.41, 5.74) is 2.04. The van der Waals surface area contributed by atoms with Gasteiger partial charge in [-0.25, -0.2) is 4.99 Å². The molecule has 1 aliphatic heterocycles. The molecule has 0 atom stereocenters. The summed E-state index contributed by atoms with van der Waals surface area (Å²) in [7, 11) is 0. The van der Waals surface area contributed by atoms with Crippen LogP contribution in [0.25, 0.3) is 0 Å². The summed E-state index contributed by atoms with van der Waals surface area (Å²) < 4.78 is 5.50. The summed E-state index contributed by atoms with van der Waals surface area (Å²) in [6.07, 6.45) is 1.61. The van der Waals surface area contributed by atoms with Crippen LogP contribution in [0, 0.1) is 0 Å². The van der Waals surface area contributed by atoms with Crippen LogP contribution in [-0.2, 0) is 0 Å². The number of halogens is 1. The number of nitrogens with one attached hydrogen (secondary N) is 2. The highest BCUT2D eigenvalue weighted by Gasteiger charge is 2.23. The van der Waals surface area contributed by atoms with Crippen molar-refractivity contribution in [3.8, 4) is 0 Å². The molecule has 4 rings (SSSR count). The Hall–Kier alpha value is -3.12. The van der Waals surface area contributed by atoms with E-state index in [2.05, 4.69) is 20.6 Å². The van der Waals surface area contributed by atoms with Gasteiger partial charge in [-0.2, -0.15) is 4.98 Å². The van der Waals surface area contributed by atoms with Gasteiger partial charge in [0.25, 0.3) is 5.91 Å². The van der Waals surface area contributed by atoms with Gasteiger partial charge >= 0.3 is 6.01 Å². The van der Waals surface area contributed by atoms with Crippen LogP contribution in [0.5, 0.6) is 0 Å². The Kier molecular flexibility index (Phi) is 3.51. The Morgan fingerprint density at radius 1 is 1.08 bits per heavy atom. The van der Waals surface area contributed by atoms with Crippen LogP contribution in [0.2, 0.25) is 5.02 Å². The number of hydrogen-bond acceptors (Lipinski definition) is 5. The van der Waals surface area contributed by atoms with Crippen molar-refractivity contribution in [1.29, 1.82) is 0 Å². The average Bonchev–Trinajstić information content (AvgIpc) is 2.90. The molecule has 2 N–H and O–H groups in total. The fourth-order valence-electron chi connectivity index (χ4n) is 2.30. The Morgan fingerprint density at radius 2 is 1.88 bits per heavy atom. The van der Waals surface area contributed by atoms with Gasteiger partial charge in [-0.1, -0.05) is 35.9 Å². The molecule has 0 unspecified atom stereocenters. The maximum atomic E-state index is 12.2. The lowest BCUT2D eigenvalue weighted by Crippen LogP contribution is -2.10. The van der Waals surface area contributed by atoms with Crippen LogP contribution in [0.4, 0.5) is 23.4 Å². The highest BCUT2D eigenvalue weighted by Crippen LogP contribution is 2.34. The highest BCUT2D eigenvalue weighted by molar-refractivity contribution is 6.30. The van der Waals surface area contributed by atoms with Crippen LogP contribution in [0.1, 0.15) is 15.9 Å². The fraction of sp³-hybridized carbons (Fsp3) is 0. The summed E-state index contributed by atoms with van der Waals surface area (Å²) in [4.78, 5) is 20.6. The fourth-order valence-corrected chi connectivity index (χ4v) is 2.43. The normalized spacial score (nSPS) is 13.0. The molecule has 118 valence electrons. The number of aliphatic imine (C=N–C) groups is 1. The minimum absolute atomic E-state index is 0.141. The van der Waals surface area contributed by atoms with E-state index in [1.165, 1.54) is 0 Å². The second-order valence-electron chi connectivity index (χ2n) is 5.11. The molecule has 3 aromatic rings. The number of anilines is 3. The van der Waals surface area contributed by atoms with Gasteiger partial charge in [0.05, 0.1) is 11.3 Å². The van der Waals surface area contributed by atoms with E-state index >= 15 is 0 Å². The van der Waals surface area contributed by atoms with Crippen molar-refractivity contribution in [2.75, 3.05) is 10.6 Å². The first-order valence-electron chi connectivity index (χ1n) is 7.17. The van der Waals surface area contributed by atoms with Gasteiger partial charge in [0.15, 0.2) is 5.82 Å². The zero-order chi connectivity index (χ0) is 16.5. The number of nitrogens with zero attached hydrogens (tertiary/aromatic N) is 2. The Balaban J connectivity index is 1.63. The molecule has 1 aromatic heterocycles. The second-order valence-corrected chi connectivity index (χ2v) is 5.55. The first kappa shape index (κ1) is 14.5. The number of hydrogen-bond donors (Lipinski definition) is 2. The Labute approximate surface area is 142 Å². The molecule has 0 saturated heterocycles. The third kappa shape index (κ3) is 2.75. The summed E-state index contributed by atoms with van der Waals surface area (Å²) in [6.45, 7) is 0. The molecule has 0 saturated carbocycles. The van der Waals surface area contributed by atoms with Gasteiger partial charge in [-0.3, -0.25) is 10.1 Å². The number of fused-ring (bicyclic) bond motifs is 2. The molecule has 0 aliphatic carbocycles. The van der Waals surface area contributed by atoms with E-state index in [1.54, 1.807) is 36.5 Å². The molecule has 1 amide bonds. The van der Waals surface area contributed by atoms with Crippen LogP contribution in [0.15, 0.2) is 57.9 Å². The monoisotopic (exact) mass is 338 g/mol. The predicted octanol–water partition coefficient (Wildman–Crippen LogP) is 4.39. The highest BCUT2D eigenvalue weighted by atomic mass is 35.5. The first-order valence-corrected chi connectivity index (χ1v) is 7.55. The Bertz CT molecular complexity index is 947. The number of carbonyl (C=O) groups excluding carboxylic acids is 1. The van der Waals surface area contributed by atoms with Crippen molar-refractivity contribution in [3.05, 3.63) is 64.7 Å². The van der Waals surface area contributed by atoms with E-state index in [0.717, 1.165) is 5.56 Å². The van der Waals surface area contributed by atoms with Crippen LogP contribution < -0.4 is 10.6 Å². The van der Waals surface area contributed by atoms with E-state index in [-0.39, 0.29) is 17.8 Å². The molecular weight excluding hydrogens is 328 g/mol. The van der Waals surface area contributed by atoms with E-state index < -0.39 is 0 Å². The minimum atomic E-state index is -0.263. The molecule has 2 heterocycles. The quantitative estimate of drug-likeness (QED) is 0.679. The third-order valence-electron chi connectivity index (χ3n) is 3.46. The van der Waals surface area contributed by atoms with Gasteiger partial charge < -0.3 is 9.73 Å². The van der Waals surface area contributed by atoms with Crippen LogP contribution in [0.3, 0.4) is 0 Å². The number of oxazole rings is 1. The largest absolute Gasteiger partial charge is 0.403 e. The van der Waals surface area contributed by atoms with E-state index in [0.29, 0.717) is 22.1 Å². The number of rotatable bonds is 2. The summed E-state index contributed by atoms with van der Waals surface area (Å²) in [5.74, 6) is 0.386. The molecule has 2 aromatic carbocycles. The molecule has 7 heteroatoms. The number of benzene rings is 2. The van der Waals surface area contributed by atoms with Gasteiger partial charge in [0, 0.05) is 11.2 Å². The molecule has 6 nitrogen and oxygen atoms in total. The van der Waals surface area contributed by atoms with Gasteiger partial charge in [0.1, 0.15) is 0 Å². The summed E-state index contributed by atoms with van der Waals surface area (Å²) >= 11 is 5.84. The number of aromatic nitrogens is 1. The molecule has 0 bridgehead atoms. The van der Waals surface area contributed by atoms with Crippen molar-refractivity contribution in [1.82, 2.24) is 4.98 Å². The standard InChI is InChI=1S/C17H11ClN4O2/c18-11-7-5-10(6-8-11)9-19-17-21-14-16(24-17)22-15(23)12-3-1-2-4-13(12)20-14/h1-9,20H,(H,22,23). The second kappa shape index (κ2) is 5.82. The maximum Gasteiger partial charge on any atom is 0.325 e. The topological polar surface area (TPSA) is 79.5 Å². The zero-order valence-corrected chi connectivity index (χ0v) is 13.0. The first-order chi connectivity index (χ1) is 11.7. The van der Waals surface area contributed by atoms with Gasteiger partial charge in [-0.05, 0) is 29.8 Å². The molecule has 1 aliphatic rings. The molecular formula is C17H11ClN4O2. The van der Waals surface area contributed by atoms with Crippen molar-refractivity contribution in [2.24, 2.45) is 4.99 Å². The van der Waals surface area contributed by atoms with Crippen molar-refractivity contribution >= 4 is 47.1 Å². The van der Waals surface area contributed by atoms with E-state index in [4.69, 9.17) is 16.0 Å². The molecule has 24 heavy (non-hydrogen) atoms. The van der Waals surface area contributed by atoms with Crippen LogP contribution >= 0.6 is 11.6 Å². The van der Waals surface area contributed by atoms with Gasteiger partial charge in [0.2, 0.25) is 5.88 Å². The van der Waals surface area contributed by atoms with Crippen molar-refractivity contribution in [3.63, 3.8) is 0 Å². The minimum Gasteiger partial charge on any atom is -0.403 e. The third-order valence-corrected chi connectivity index (χ3v) is 3.71. The van der Waals surface area contributed by atoms with Crippen molar-refractivity contribution < 1.29 is 9.21 Å². The van der Waals surface area contributed by atoms with E-state index in [9.17, 15) is 4.79 Å². The Morgan fingerprint density at radius 3 is 2.71 bits per heavy atom. The molecule has 0 fully saturated rings. The van der Waals surface area contributed by atoms with Crippen LogP contribution in [-0.4, -0.2) is 17.1 Å². The molecule has 0 radical (unpaired) electrons. The predicted molar refractivity (Wildman–Crippen MR) is 92.9 cm³/mol. The lowest BCUT2D eigenvalue weighted by atomic mass is 10.1. The lowest BCUT2D eigenvalue weighted by Gasteiger charge is -2.03.